The van der Waals surface area contributed by atoms with E-state index < -0.39 is 0 Å². The Balaban J connectivity index is 1.76. The zero-order valence-corrected chi connectivity index (χ0v) is 16.8. The topological polar surface area (TPSA) is 69.6 Å². The average Bonchev–Trinajstić information content (AvgIpc) is 2.71. The highest BCUT2D eigenvalue weighted by atomic mass is 16.3. The molecule has 2 N–H and O–H groups in total. The van der Waals surface area contributed by atoms with Crippen LogP contribution in [-0.4, -0.2) is 30.9 Å². The van der Waals surface area contributed by atoms with Gasteiger partial charge in [0.1, 0.15) is 5.75 Å². The van der Waals surface area contributed by atoms with Crippen LogP contribution >= 0.6 is 0 Å². The molecule has 0 spiro atoms. The van der Waals surface area contributed by atoms with Gasteiger partial charge in [0.25, 0.3) is 5.91 Å². The number of anilines is 2. The Bertz CT molecular complexity index is 1040. The lowest BCUT2D eigenvalue weighted by molar-refractivity contribution is 0.0991. The summed E-state index contributed by atoms with van der Waals surface area (Å²) >= 11 is 0. The van der Waals surface area contributed by atoms with Gasteiger partial charge in [0, 0.05) is 43.0 Å². The number of nitrogens with one attached hydrogen (secondary N) is 1. The van der Waals surface area contributed by atoms with Crippen molar-refractivity contribution >= 4 is 23.1 Å². The Labute approximate surface area is 170 Å². The fraction of sp³-hybridized carbons (Fsp3) is 0.167. The van der Waals surface area contributed by atoms with E-state index in [0.717, 1.165) is 16.8 Å². The van der Waals surface area contributed by atoms with Crippen molar-refractivity contribution in [2.45, 2.75) is 13.3 Å². The first-order valence-electron chi connectivity index (χ1n) is 9.34. The summed E-state index contributed by atoms with van der Waals surface area (Å²) in [7, 11) is 3.87. The predicted molar refractivity (Wildman–Crippen MR) is 116 cm³/mol. The minimum absolute atomic E-state index is 0.0216. The van der Waals surface area contributed by atoms with Crippen LogP contribution in [0.4, 0.5) is 11.4 Å². The third-order valence-electron chi connectivity index (χ3n) is 4.73. The molecule has 0 atom stereocenters. The summed E-state index contributed by atoms with van der Waals surface area (Å²) in [4.78, 5) is 27.2. The van der Waals surface area contributed by atoms with E-state index in [0.29, 0.717) is 16.8 Å². The maximum Gasteiger partial charge on any atom is 0.255 e. The minimum atomic E-state index is -0.268. The SMILES string of the molecule is Cc1ccc(CC(=O)c2cccc(N(C)C)c2)cc1NC(=O)c1ccc(O)cc1. The molecule has 0 bridgehead atoms. The van der Waals surface area contributed by atoms with Gasteiger partial charge in [-0.05, 0) is 60.5 Å². The Hall–Kier alpha value is -3.60. The lowest BCUT2D eigenvalue weighted by Crippen LogP contribution is -2.13. The molecule has 0 radical (unpaired) electrons. The summed E-state index contributed by atoms with van der Waals surface area (Å²) in [5, 5.41) is 12.3. The fourth-order valence-electron chi connectivity index (χ4n) is 2.97. The highest BCUT2D eigenvalue weighted by Gasteiger charge is 2.12. The van der Waals surface area contributed by atoms with E-state index in [-0.39, 0.29) is 23.9 Å². The Morgan fingerprint density at radius 3 is 2.34 bits per heavy atom. The van der Waals surface area contributed by atoms with Crippen molar-refractivity contribution in [1.82, 2.24) is 0 Å². The third-order valence-corrected chi connectivity index (χ3v) is 4.73. The van der Waals surface area contributed by atoms with E-state index in [4.69, 9.17) is 0 Å². The summed E-state index contributed by atoms with van der Waals surface area (Å²) < 4.78 is 0. The van der Waals surface area contributed by atoms with E-state index in [9.17, 15) is 14.7 Å². The summed E-state index contributed by atoms with van der Waals surface area (Å²) in [6.45, 7) is 1.90. The molecule has 0 unspecified atom stereocenters. The van der Waals surface area contributed by atoms with Crippen LogP contribution in [0.2, 0.25) is 0 Å². The number of amides is 1. The van der Waals surface area contributed by atoms with Gasteiger partial charge < -0.3 is 15.3 Å². The first-order valence-corrected chi connectivity index (χ1v) is 9.34. The van der Waals surface area contributed by atoms with Gasteiger partial charge in [-0.2, -0.15) is 0 Å². The molecule has 3 aromatic rings. The van der Waals surface area contributed by atoms with Crippen molar-refractivity contribution in [1.29, 1.82) is 0 Å². The number of phenols is 1. The lowest BCUT2D eigenvalue weighted by atomic mass is 10.0. The standard InChI is InChI=1S/C24H24N2O3/c1-16-7-8-17(14-23(28)19-5-4-6-20(15-19)26(2)3)13-22(16)25-24(29)18-9-11-21(27)12-10-18/h4-13,15,27H,14H2,1-3H3,(H,25,29). The van der Waals surface area contributed by atoms with Crippen LogP contribution in [0.1, 0.15) is 31.8 Å². The predicted octanol–water partition coefficient (Wildman–Crippen LogP) is 4.44. The van der Waals surface area contributed by atoms with Crippen LogP contribution in [0.25, 0.3) is 0 Å². The Kier molecular flexibility index (Phi) is 5.98. The first-order chi connectivity index (χ1) is 13.8. The summed E-state index contributed by atoms with van der Waals surface area (Å²) in [5.74, 6) is -0.139. The number of ketones is 1. The van der Waals surface area contributed by atoms with Crippen LogP contribution in [0, 0.1) is 6.92 Å². The second-order valence-corrected chi connectivity index (χ2v) is 7.19. The van der Waals surface area contributed by atoms with E-state index in [1.54, 1.807) is 12.1 Å². The Morgan fingerprint density at radius 1 is 0.931 bits per heavy atom. The molecule has 3 rings (SSSR count). The molecular formula is C24H24N2O3. The number of aryl methyl sites for hydroxylation is 1. The molecule has 5 heteroatoms. The molecule has 3 aromatic carbocycles. The van der Waals surface area contributed by atoms with Crippen LogP contribution in [0.3, 0.4) is 0 Å². The highest BCUT2D eigenvalue weighted by Crippen LogP contribution is 2.21. The van der Waals surface area contributed by atoms with Gasteiger partial charge in [0.2, 0.25) is 0 Å². The smallest absolute Gasteiger partial charge is 0.255 e. The molecule has 0 saturated heterocycles. The molecule has 0 fully saturated rings. The van der Waals surface area contributed by atoms with E-state index in [1.165, 1.54) is 12.1 Å². The summed E-state index contributed by atoms with van der Waals surface area (Å²) in [5.41, 5.74) is 4.48. The van der Waals surface area contributed by atoms with Crippen LogP contribution in [-0.2, 0) is 6.42 Å². The second kappa shape index (κ2) is 8.61. The fourth-order valence-corrected chi connectivity index (χ4v) is 2.97. The van der Waals surface area contributed by atoms with Crippen LogP contribution in [0.5, 0.6) is 5.75 Å². The number of benzene rings is 3. The van der Waals surface area contributed by atoms with Crippen molar-refractivity contribution in [3.63, 3.8) is 0 Å². The third kappa shape index (κ3) is 5.02. The molecular weight excluding hydrogens is 364 g/mol. The van der Waals surface area contributed by atoms with E-state index >= 15 is 0 Å². The number of rotatable bonds is 6. The molecule has 0 heterocycles. The maximum absolute atomic E-state index is 12.7. The Morgan fingerprint density at radius 2 is 1.66 bits per heavy atom. The lowest BCUT2D eigenvalue weighted by Gasteiger charge is -2.14. The first kappa shape index (κ1) is 20.1. The molecule has 0 aliphatic heterocycles. The number of nitrogens with zero attached hydrogens (tertiary/aromatic N) is 1. The van der Waals surface area contributed by atoms with Gasteiger partial charge in [-0.3, -0.25) is 9.59 Å². The highest BCUT2D eigenvalue weighted by molar-refractivity contribution is 6.05. The maximum atomic E-state index is 12.7. The normalized spacial score (nSPS) is 10.4. The summed E-state index contributed by atoms with van der Waals surface area (Å²) in [6, 6.07) is 19.2. The monoisotopic (exact) mass is 388 g/mol. The van der Waals surface area contributed by atoms with Gasteiger partial charge in [0.15, 0.2) is 5.78 Å². The van der Waals surface area contributed by atoms with Gasteiger partial charge in [-0.15, -0.1) is 0 Å². The number of hydrogen-bond donors (Lipinski definition) is 2. The number of phenolic OH excluding ortho intramolecular Hbond substituents is 1. The van der Waals surface area contributed by atoms with Gasteiger partial charge >= 0.3 is 0 Å². The van der Waals surface area contributed by atoms with Crippen LogP contribution < -0.4 is 10.2 Å². The zero-order valence-electron chi connectivity index (χ0n) is 16.8. The molecule has 0 aliphatic rings. The van der Waals surface area contributed by atoms with Gasteiger partial charge in [0.05, 0.1) is 0 Å². The second-order valence-electron chi connectivity index (χ2n) is 7.19. The zero-order chi connectivity index (χ0) is 21.0. The van der Waals surface area contributed by atoms with Crippen molar-refractivity contribution in [2.75, 3.05) is 24.3 Å². The van der Waals surface area contributed by atoms with Crippen molar-refractivity contribution in [3.05, 3.63) is 89.0 Å². The number of Topliss-reactive ketones (excluding diaryl/α,β-unsaturated/α-hetero) is 1. The van der Waals surface area contributed by atoms with Crippen LogP contribution in [0.15, 0.2) is 66.7 Å². The number of carbonyl (C=O) groups is 2. The molecule has 29 heavy (non-hydrogen) atoms. The molecule has 0 aliphatic carbocycles. The molecule has 1 amide bonds. The largest absolute Gasteiger partial charge is 0.508 e. The molecule has 148 valence electrons. The summed E-state index contributed by atoms with van der Waals surface area (Å²) in [6.07, 6.45) is 0.249. The van der Waals surface area contributed by atoms with Gasteiger partial charge in [-0.1, -0.05) is 24.3 Å². The van der Waals surface area contributed by atoms with Crippen molar-refractivity contribution < 1.29 is 14.7 Å². The van der Waals surface area contributed by atoms with E-state index in [2.05, 4.69) is 5.32 Å². The van der Waals surface area contributed by atoms with Gasteiger partial charge in [-0.25, -0.2) is 0 Å². The molecule has 0 saturated carbocycles. The molecule has 5 nitrogen and oxygen atoms in total. The number of carbonyl (C=O) groups excluding carboxylic acids is 2. The number of hydrogen-bond acceptors (Lipinski definition) is 4. The molecule has 0 aromatic heterocycles. The van der Waals surface area contributed by atoms with Crippen molar-refractivity contribution in [3.8, 4) is 5.75 Å². The van der Waals surface area contributed by atoms with Crippen molar-refractivity contribution in [2.24, 2.45) is 0 Å². The van der Waals surface area contributed by atoms with E-state index in [1.807, 2.05) is 68.4 Å². The quantitative estimate of drug-likeness (QED) is 0.613. The minimum Gasteiger partial charge on any atom is -0.508 e. The number of aromatic hydroxyl groups is 1. The average molecular weight is 388 g/mol.